The van der Waals surface area contributed by atoms with Crippen LogP contribution in [0.4, 0.5) is 5.69 Å². The monoisotopic (exact) mass is 378 g/mol. The molecule has 4 rings (SSSR count). The number of rotatable bonds is 4. The largest absolute Gasteiger partial charge is 0.504 e. The van der Waals surface area contributed by atoms with Crippen molar-refractivity contribution in [1.29, 1.82) is 0 Å². The molecule has 0 spiro atoms. The molecular formula is C21H22N4O3. The van der Waals surface area contributed by atoms with Crippen molar-refractivity contribution in [1.82, 2.24) is 15.3 Å². The number of benzene rings is 2. The molecule has 0 unspecified atom stereocenters. The van der Waals surface area contributed by atoms with Crippen LogP contribution in [-0.2, 0) is 0 Å². The van der Waals surface area contributed by atoms with Crippen LogP contribution in [0.1, 0.15) is 0 Å². The molecule has 1 aliphatic rings. The Morgan fingerprint density at radius 3 is 2.46 bits per heavy atom. The van der Waals surface area contributed by atoms with E-state index in [1.165, 1.54) is 18.9 Å². The molecule has 0 radical (unpaired) electrons. The minimum absolute atomic E-state index is 0.0476. The lowest BCUT2D eigenvalue weighted by Gasteiger charge is -2.29. The van der Waals surface area contributed by atoms with Gasteiger partial charge in [-0.25, -0.2) is 4.79 Å². The van der Waals surface area contributed by atoms with Crippen molar-refractivity contribution >= 4 is 5.69 Å². The lowest BCUT2D eigenvalue weighted by Crippen LogP contribution is -2.43. The third-order valence-electron chi connectivity index (χ3n) is 4.88. The van der Waals surface area contributed by atoms with Crippen molar-refractivity contribution in [2.75, 3.05) is 38.2 Å². The van der Waals surface area contributed by atoms with E-state index >= 15 is 0 Å². The fraction of sp³-hybridized carbons (Fsp3) is 0.238. The van der Waals surface area contributed by atoms with E-state index in [4.69, 9.17) is 4.74 Å². The summed E-state index contributed by atoms with van der Waals surface area (Å²) in [5.74, 6) is 0.392. The van der Waals surface area contributed by atoms with Crippen LogP contribution in [0, 0.1) is 0 Å². The van der Waals surface area contributed by atoms with E-state index in [2.05, 4.69) is 32.3 Å². The molecule has 2 aromatic carbocycles. The number of hydrogen-bond acceptors (Lipinski definition) is 6. The van der Waals surface area contributed by atoms with Crippen molar-refractivity contribution < 1.29 is 9.84 Å². The average Bonchev–Trinajstić information content (AvgIpc) is 2.74. The molecule has 144 valence electrons. The van der Waals surface area contributed by atoms with Gasteiger partial charge in [0.2, 0.25) is 0 Å². The second-order valence-corrected chi connectivity index (χ2v) is 6.66. The minimum Gasteiger partial charge on any atom is -0.504 e. The Morgan fingerprint density at radius 1 is 1.04 bits per heavy atom. The molecule has 1 saturated heterocycles. The fourth-order valence-electron chi connectivity index (χ4n) is 3.37. The van der Waals surface area contributed by atoms with Gasteiger partial charge in [-0.15, -0.1) is 0 Å². The number of hydrogen-bond donors (Lipinski definition) is 3. The normalized spacial score (nSPS) is 14.1. The number of piperazine rings is 1. The van der Waals surface area contributed by atoms with Gasteiger partial charge in [0, 0.05) is 43.0 Å². The number of H-pyrrole nitrogens is 1. The molecule has 1 aliphatic heterocycles. The van der Waals surface area contributed by atoms with E-state index in [-0.39, 0.29) is 5.75 Å². The number of phenolic OH excluding ortho intramolecular Hbond substituents is 1. The van der Waals surface area contributed by atoms with E-state index in [1.54, 1.807) is 12.1 Å². The van der Waals surface area contributed by atoms with Gasteiger partial charge in [-0.1, -0.05) is 12.1 Å². The van der Waals surface area contributed by atoms with E-state index in [0.717, 1.165) is 37.3 Å². The number of anilines is 1. The number of phenols is 1. The van der Waals surface area contributed by atoms with Crippen LogP contribution in [0.15, 0.2) is 53.3 Å². The lowest BCUT2D eigenvalue weighted by atomic mass is 10.1. The molecule has 28 heavy (non-hydrogen) atoms. The number of aromatic hydroxyl groups is 1. The summed E-state index contributed by atoms with van der Waals surface area (Å²) in [6.45, 7) is 3.93. The van der Waals surface area contributed by atoms with Crippen LogP contribution >= 0.6 is 0 Å². The number of aromatic nitrogens is 2. The Kier molecular flexibility index (Phi) is 4.99. The molecule has 0 aliphatic carbocycles. The van der Waals surface area contributed by atoms with Crippen molar-refractivity contribution in [3.63, 3.8) is 0 Å². The van der Waals surface area contributed by atoms with Gasteiger partial charge in [0.15, 0.2) is 11.5 Å². The second-order valence-electron chi connectivity index (χ2n) is 6.66. The SMILES string of the molecule is COc1cc(-c2cc(-c3ccc(N4CCNCC4)cc3)nc(=O)[nH]2)ccc1O. The zero-order valence-electron chi connectivity index (χ0n) is 15.6. The molecular weight excluding hydrogens is 356 g/mol. The first-order valence-electron chi connectivity index (χ1n) is 9.19. The number of aromatic amines is 1. The highest BCUT2D eigenvalue weighted by Gasteiger charge is 2.12. The molecule has 0 atom stereocenters. The van der Waals surface area contributed by atoms with Gasteiger partial charge in [-0.05, 0) is 36.4 Å². The Morgan fingerprint density at radius 2 is 1.75 bits per heavy atom. The first-order valence-corrected chi connectivity index (χ1v) is 9.19. The van der Waals surface area contributed by atoms with Gasteiger partial charge in [0.1, 0.15) is 0 Å². The summed E-state index contributed by atoms with van der Waals surface area (Å²) in [5, 5.41) is 13.1. The molecule has 2 heterocycles. The van der Waals surface area contributed by atoms with Crippen LogP contribution in [0.5, 0.6) is 11.5 Å². The Balaban J connectivity index is 1.66. The van der Waals surface area contributed by atoms with Gasteiger partial charge in [-0.3, -0.25) is 0 Å². The van der Waals surface area contributed by atoms with Crippen molar-refractivity contribution in [2.45, 2.75) is 0 Å². The first kappa shape index (κ1) is 18.1. The lowest BCUT2D eigenvalue weighted by molar-refractivity contribution is 0.373. The van der Waals surface area contributed by atoms with Crippen LogP contribution in [0.25, 0.3) is 22.5 Å². The minimum atomic E-state index is -0.425. The standard InChI is InChI=1S/C21H22N4O3/c1-28-20-12-15(4-7-19(20)26)18-13-17(23-21(27)24-18)14-2-5-16(6-3-14)25-10-8-22-9-11-25/h2-7,12-13,22,26H,8-11H2,1H3,(H,23,24,27). The van der Waals surface area contributed by atoms with Crippen LogP contribution in [-0.4, -0.2) is 48.4 Å². The summed E-state index contributed by atoms with van der Waals surface area (Å²) in [5.41, 5.74) is 3.55. The van der Waals surface area contributed by atoms with E-state index in [1.807, 2.05) is 18.2 Å². The third-order valence-corrected chi connectivity index (χ3v) is 4.88. The summed E-state index contributed by atoms with van der Waals surface area (Å²) in [6.07, 6.45) is 0. The smallest absolute Gasteiger partial charge is 0.345 e. The molecule has 1 fully saturated rings. The zero-order valence-corrected chi connectivity index (χ0v) is 15.6. The average molecular weight is 378 g/mol. The molecule has 7 nitrogen and oxygen atoms in total. The van der Waals surface area contributed by atoms with Gasteiger partial charge in [0.05, 0.1) is 18.5 Å². The predicted molar refractivity (Wildman–Crippen MR) is 109 cm³/mol. The Labute approximate surface area is 162 Å². The van der Waals surface area contributed by atoms with Crippen molar-refractivity contribution in [3.8, 4) is 34.0 Å². The van der Waals surface area contributed by atoms with E-state index < -0.39 is 5.69 Å². The van der Waals surface area contributed by atoms with Gasteiger partial charge < -0.3 is 25.0 Å². The van der Waals surface area contributed by atoms with Crippen molar-refractivity contribution in [2.24, 2.45) is 0 Å². The number of ether oxygens (including phenoxy) is 1. The van der Waals surface area contributed by atoms with E-state index in [9.17, 15) is 9.90 Å². The number of methoxy groups -OCH3 is 1. The third kappa shape index (κ3) is 3.70. The highest BCUT2D eigenvalue weighted by molar-refractivity contribution is 5.70. The Hall–Kier alpha value is -3.32. The maximum absolute atomic E-state index is 12.1. The molecule has 0 saturated carbocycles. The number of nitrogens with one attached hydrogen (secondary N) is 2. The van der Waals surface area contributed by atoms with E-state index in [0.29, 0.717) is 17.1 Å². The fourth-order valence-corrected chi connectivity index (χ4v) is 3.37. The van der Waals surface area contributed by atoms with Crippen LogP contribution in [0.2, 0.25) is 0 Å². The summed E-state index contributed by atoms with van der Waals surface area (Å²) in [6, 6.07) is 14.9. The maximum Gasteiger partial charge on any atom is 0.345 e. The Bertz CT molecular complexity index is 1020. The van der Waals surface area contributed by atoms with Gasteiger partial charge in [0.25, 0.3) is 0 Å². The molecule has 7 heteroatoms. The van der Waals surface area contributed by atoms with Crippen molar-refractivity contribution in [3.05, 3.63) is 59.0 Å². The summed E-state index contributed by atoms with van der Waals surface area (Å²) >= 11 is 0. The summed E-state index contributed by atoms with van der Waals surface area (Å²) in [7, 11) is 1.49. The molecule has 3 N–H and O–H groups in total. The molecule has 3 aromatic rings. The topological polar surface area (TPSA) is 90.5 Å². The van der Waals surface area contributed by atoms with Crippen LogP contribution < -0.4 is 20.6 Å². The first-order chi connectivity index (χ1) is 13.6. The van der Waals surface area contributed by atoms with Crippen LogP contribution in [0.3, 0.4) is 0 Å². The number of nitrogens with zero attached hydrogens (tertiary/aromatic N) is 2. The highest BCUT2D eigenvalue weighted by Crippen LogP contribution is 2.31. The molecule has 0 amide bonds. The van der Waals surface area contributed by atoms with Gasteiger partial charge in [-0.2, -0.15) is 4.98 Å². The molecule has 1 aromatic heterocycles. The van der Waals surface area contributed by atoms with Gasteiger partial charge >= 0.3 is 5.69 Å². The maximum atomic E-state index is 12.1. The predicted octanol–water partition coefficient (Wildman–Crippen LogP) is 2.23. The highest BCUT2D eigenvalue weighted by atomic mass is 16.5. The molecule has 0 bridgehead atoms. The second kappa shape index (κ2) is 7.74. The quantitative estimate of drug-likeness (QED) is 0.645. The summed E-state index contributed by atoms with van der Waals surface area (Å²) in [4.78, 5) is 21.3. The zero-order chi connectivity index (χ0) is 19.5. The summed E-state index contributed by atoms with van der Waals surface area (Å²) < 4.78 is 5.16.